The molecule has 0 aliphatic rings. The predicted octanol–water partition coefficient (Wildman–Crippen LogP) is 4.46. The summed E-state index contributed by atoms with van der Waals surface area (Å²) in [5.41, 5.74) is 1.11. The first-order valence-corrected chi connectivity index (χ1v) is 6.16. The second-order valence-corrected chi connectivity index (χ2v) is 4.04. The third kappa shape index (κ3) is 5.69. The van der Waals surface area contributed by atoms with Crippen molar-refractivity contribution >= 4 is 5.78 Å². The summed E-state index contributed by atoms with van der Waals surface area (Å²) in [5, 5.41) is 0. The van der Waals surface area contributed by atoms with Gasteiger partial charge in [-0.05, 0) is 18.4 Å². The second-order valence-electron chi connectivity index (χ2n) is 4.04. The normalized spacial score (nSPS) is 13.2. The molecule has 1 unspecified atom stereocenters. The first kappa shape index (κ1) is 14.9. The van der Waals surface area contributed by atoms with Crippen LogP contribution in [0.4, 0.5) is 0 Å². The Labute approximate surface area is 99.9 Å². The van der Waals surface area contributed by atoms with Gasteiger partial charge in [0, 0.05) is 12.3 Å². The Morgan fingerprint density at radius 3 is 2.44 bits per heavy atom. The highest BCUT2D eigenvalue weighted by molar-refractivity contribution is 5.81. The first-order chi connectivity index (χ1) is 7.69. The van der Waals surface area contributed by atoms with Gasteiger partial charge in [0.05, 0.1) is 0 Å². The average molecular weight is 220 g/mol. The summed E-state index contributed by atoms with van der Waals surface area (Å²) in [4.78, 5) is 11.8. The molecule has 0 N–H and O–H groups in total. The van der Waals surface area contributed by atoms with E-state index >= 15 is 0 Å². The molecule has 0 rings (SSSR count). The van der Waals surface area contributed by atoms with Gasteiger partial charge in [0.2, 0.25) is 0 Å². The van der Waals surface area contributed by atoms with Crippen molar-refractivity contribution in [1.82, 2.24) is 0 Å². The van der Waals surface area contributed by atoms with Gasteiger partial charge in [-0.1, -0.05) is 58.1 Å². The van der Waals surface area contributed by atoms with E-state index in [1.165, 1.54) is 0 Å². The fourth-order valence-corrected chi connectivity index (χ4v) is 1.77. The van der Waals surface area contributed by atoms with Crippen LogP contribution in [-0.2, 0) is 4.79 Å². The summed E-state index contributed by atoms with van der Waals surface area (Å²) < 4.78 is 0. The highest BCUT2D eigenvalue weighted by Gasteiger charge is 2.16. The number of rotatable bonds is 9. The van der Waals surface area contributed by atoms with Crippen LogP contribution in [0, 0.1) is 5.92 Å². The van der Waals surface area contributed by atoms with Crippen molar-refractivity contribution < 1.29 is 4.79 Å². The van der Waals surface area contributed by atoms with Crippen molar-refractivity contribution in [3.63, 3.8) is 0 Å². The standard InChI is InChI=1S/C15H24O/c1-5-9-11-14(15(16)8-4)12-13(7-3)10-6-2/h6-7,10,14H,2-3,5,8-9,11-12H2,1,4H3/b13-10+. The summed E-state index contributed by atoms with van der Waals surface area (Å²) in [5.74, 6) is 0.527. The van der Waals surface area contributed by atoms with Crippen LogP contribution in [0.3, 0.4) is 0 Å². The molecule has 0 amide bonds. The maximum atomic E-state index is 11.8. The number of hydrogen-bond acceptors (Lipinski definition) is 1. The minimum absolute atomic E-state index is 0.161. The van der Waals surface area contributed by atoms with Crippen LogP contribution in [-0.4, -0.2) is 5.78 Å². The number of allylic oxidation sites excluding steroid dienone is 4. The van der Waals surface area contributed by atoms with E-state index in [0.29, 0.717) is 12.2 Å². The molecule has 0 radical (unpaired) electrons. The molecule has 0 saturated carbocycles. The van der Waals surface area contributed by atoms with E-state index in [2.05, 4.69) is 20.1 Å². The Balaban J connectivity index is 4.50. The maximum absolute atomic E-state index is 11.8. The minimum atomic E-state index is 0.161. The third-order valence-electron chi connectivity index (χ3n) is 2.79. The molecule has 0 aromatic rings. The largest absolute Gasteiger partial charge is 0.299 e. The summed E-state index contributed by atoms with van der Waals surface area (Å²) in [6.07, 6.45) is 10.2. The topological polar surface area (TPSA) is 17.1 Å². The van der Waals surface area contributed by atoms with Crippen LogP contribution in [0.15, 0.2) is 37.0 Å². The van der Waals surface area contributed by atoms with Crippen molar-refractivity contribution in [2.45, 2.75) is 46.0 Å². The summed E-state index contributed by atoms with van der Waals surface area (Å²) in [6.45, 7) is 11.5. The number of Topliss-reactive ketones (excluding diaryl/α,β-unsaturated/α-hetero) is 1. The van der Waals surface area contributed by atoms with Crippen molar-refractivity contribution in [1.29, 1.82) is 0 Å². The van der Waals surface area contributed by atoms with Crippen molar-refractivity contribution in [3.05, 3.63) is 37.0 Å². The Morgan fingerprint density at radius 1 is 1.31 bits per heavy atom. The quantitative estimate of drug-likeness (QED) is 0.524. The van der Waals surface area contributed by atoms with Crippen molar-refractivity contribution in [2.75, 3.05) is 0 Å². The van der Waals surface area contributed by atoms with E-state index in [4.69, 9.17) is 0 Å². The lowest BCUT2D eigenvalue weighted by molar-refractivity contribution is -0.122. The number of carbonyl (C=O) groups excluding carboxylic acids is 1. The highest BCUT2D eigenvalue weighted by Crippen LogP contribution is 2.21. The Hall–Kier alpha value is -1.11. The monoisotopic (exact) mass is 220 g/mol. The lowest BCUT2D eigenvalue weighted by Crippen LogP contribution is -2.14. The minimum Gasteiger partial charge on any atom is -0.299 e. The van der Waals surface area contributed by atoms with Gasteiger partial charge >= 0.3 is 0 Å². The van der Waals surface area contributed by atoms with Crippen LogP contribution < -0.4 is 0 Å². The van der Waals surface area contributed by atoms with Crippen LogP contribution in [0.1, 0.15) is 46.0 Å². The number of ketones is 1. The molecule has 1 heteroatoms. The zero-order valence-electron chi connectivity index (χ0n) is 10.7. The summed E-state index contributed by atoms with van der Waals surface area (Å²) in [6, 6.07) is 0. The smallest absolute Gasteiger partial charge is 0.136 e. The molecule has 0 bridgehead atoms. The molecule has 0 spiro atoms. The molecular formula is C15H24O. The highest BCUT2D eigenvalue weighted by atomic mass is 16.1. The fraction of sp³-hybridized carbons (Fsp3) is 0.533. The molecule has 0 aromatic carbocycles. The molecular weight excluding hydrogens is 196 g/mol. The van der Waals surface area contributed by atoms with E-state index in [-0.39, 0.29) is 5.92 Å². The molecule has 0 aromatic heterocycles. The van der Waals surface area contributed by atoms with Gasteiger partial charge in [-0.3, -0.25) is 4.79 Å². The number of hydrogen-bond donors (Lipinski definition) is 0. The van der Waals surface area contributed by atoms with Gasteiger partial charge in [-0.15, -0.1) is 0 Å². The van der Waals surface area contributed by atoms with Crippen molar-refractivity contribution in [2.24, 2.45) is 5.92 Å². The second kappa shape index (κ2) is 9.14. The first-order valence-electron chi connectivity index (χ1n) is 6.16. The van der Waals surface area contributed by atoms with E-state index < -0.39 is 0 Å². The third-order valence-corrected chi connectivity index (χ3v) is 2.79. The fourth-order valence-electron chi connectivity index (χ4n) is 1.77. The molecule has 0 saturated heterocycles. The molecule has 0 fully saturated rings. The van der Waals surface area contributed by atoms with Gasteiger partial charge in [0.25, 0.3) is 0 Å². The van der Waals surface area contributed by atoms with E-state index in [0.717, 1.165) is 31.3 Å². The molecule has 1 nitrogen and oxygen atoms in total. The van der Waals surface area contributed by atoms with Crippen LogP contribution in [0.25, 0.3) is 0 Å². The lowest BCUT2D eigenvalue weighted by atomic mass is 9.89. The molecule has 90 valence electrons. The van der Waals surface area contributed by atoms with Gasteiger partial charge < -0.3 is 0 Å². The summed E-state index contributed by atoms with van der Waals surface area (Å²) >= 11 is 0. The van der Waals surface area contributed by atoms with Crippen molar-refractivity contribution in [3.8, 4) is 0 Å². The summed E-state index contributed by atoms with van der Waals surface area (Å²) in [7, 11) is 0. The molecule has 0 heterocycles. The zero-order valence-corrected chi connectivity index (χ0v) is 10.7. The maximum Gasteiger partial charge on any atom is 0.136 e. The van der Waals surface area contributed by atoms with Crippen LogP contribution in [0.5, 0.6) is 0 Å². The Kier molecular flexibility index (Phi) is 8.51. The Morgan fingerprint density at radius 2 is 2.00 bits per heavy atom. The number of unbranched alkanes of at least 4 members (excludes halogenated alkanes) is 1. The number of carbonyl (C=O) groups is 1. The van der Waals surface area contributed by atoms with Gasteiger partial charge in [-0.2, -0.15) is 0 Å². The lowest BCUT2D eigenvalue weighted by Gasteiger charge is -2.15. The predicted molar refractivity (Wildman–Crippen MR) is 71.4 cm³/mol. The molecule has 1 atom stereocenters. The van der Waals surface area contributed by atoms with Gasteiger partial charge in [0.1, 0.15) is 5.78 Å². The van der Waals surface area contributed by atoms with Gasteiger partial charge in [0.15, 0.2) is 0 Å². The Bertz CT molecular complexity index is 261. The SMILES string of the molecule is C=C/C=C(\C=C)CC(CCCC)C(=O)CC. The van der Waals surface area contributed by atoms with Crippen LogP contribution in [0.2, 0.25) is 0 Å². The van der Waals surface area contributed by atoms with Gasteiger partial charge in [-0.25, -0.2) is 0 Å². The molecule has 0 aliphatic heterocycles. The molecule has 0 aliphatic carbocycles. The van der Waals surface area contributed by atoms with E-state index in [1.807, 2.05) is 19.1 Å². The van der Waals surface area contributed by atoms with E-state index in [9.17, 15) is 4.79 Å². The zero-order chi connectivity index (χ0) is 12.4. The average Bonchev–Trinajstić information content (AvgIpc) is 2.32. The van der Waals surface area contributed by atoms with Crippen LogP contribution >= 0.6 is 0 Å². The molecule has 16 heavy (non-hydrogen) atoms. The van der Waals surface area contributed by atoms with E-state index in [1.54, 1.807) is 6.08 Å².